The first-order valence-corrected chi connectivity index (χ1v) is 11.4. The van der Waals surface area contributed by atoms with Crippen molar-refractivity contribution < 1.29 is 31.8 Å². The van der Waals surface area contributed by atoms with Gasteiger partial charge in [0.05, 0.1) is 37.9 Å². The largest absolute Gasteiger partial charge is 0.497 e. The molecule has 0 radical (unpaired) electrons. The second-order valence-electron chi connectivity index (χ2n) is 6.97. The molecule has 1 fully saturated rings. The highest BCUT2D eigenvalue weighted by atomic mass is 32.2. The molecule has 2 aromatic carbocycles. The van der Waals surface area contributed by atoms with Crippen LogP contribution in [0.5, 0.6) is 11.5 Å². The average Bonchev–Trinajstić information content (AvgIpc) is 3.32. The minimum absolute atomic E-state index is 0.104. The molecular weight excluding hydrogens is 452 g/mol. The Labute approximate surface area is 190 Å². The number of nitrogens with zero attached hydrogens (tertiary/aromatic N) is 3. The zero-order valence-electron chi connectivity index (χ0n) is 18.0. The Balaban J connectivity index is 1.47. The van der Waals surface area contributed by atoms with E-state index in [4.69, 9.17) is 18.6 Å². The van der Waals surface area contributed by atoms with Gasteiger partial charge in [-0.3, -0.25) is 10.1 Å². The summed E-state index contributed by atoms with van der Waals surface area (Å²) in [6, 6.07) is 10.6. The highest BCUT2D eigenvalue weighted by molar-refractivity contribution is 7.89. The fourth-order valence-electron chi connectivity index (χ4n) is 3.24. The number of anilines is 1. The third kappa shape index (κ3) is 4.82. The normalized spacial score (nSPS) is 14.6. The van der Waals surface area contributed by atoms with E-state index in [-0.39, 0.29) is 22.4 Å². The van der Waals surface area contributed by atoms with Crippen molar-refractivity contribution >= 4 is 21.9 Å². The van der Waals surface area contributed by atoms with Gasteiger partial charge in [-0.25, -0.2) is 8.42 Å². The molecule has 12 heteroatoms. The van der Waals surface area contributed by atoms with Gasteiger partial charge in [-0.1, -0.05) is 5.10 Å². The maximum absolute atomic E-state index is 12.7. The number of aromatic nitrogens is 2. The van der Waals surface area contributed by atoms with Gasteiger partial charge in [0.2, 0.25) is 10.0 Å². The zero-order valence-corrected chi connectivity index (χ0v) is 18.8. The number of hydrogen-bond acceptors (Lipinski definition) is 9. The van der Waals surface area contributed by atoms with E-state index in [9.17, 15) is 13.2 Å². The first kappa shape index (κ1) is 22.7. The van der Waals surface area contributed by atoms with Crippen molar-refractivity contribution in [1.29, 1.82) is 0 Å². The van der Waals surface area contributed by atoms with E-state index in [1.54, 1.807) is 25.3 Å². The van der Waals surface area contributed by atoms with E-state index in [0.29, 0.717) is 43.4 Å². The predicted octanol–water partition coefficient (Wildman–Crippen LogP) is 2.03. The van der Waals surface area contributed by atoms with Crippen LogP contribution < -0.4 is 14.8 Å². The van der Waals surface area contributed by atoms with Gasteiger partial charge in [-0.2, -0.15) is 4.31 Å². The Morgan fingerprint density at radius 2 is 1.76 bits per heavy atom. The molecule has 174 valence electrons. The predicted molar refractivity (Wildman–Crippen MR) is 117 cm³/mol. The summed E-state index contributed by atoms with van der Waals surface area (Å²) in [6.07, 6.45) is 0. The van der Waals surface area contributed by atoms with Crippen molar-refractivity contribution in [3.63, 3.8) is 0 Å². The van der Waals surface area contributed by atoms with E-state index in [0.717, 1.165) is 0 Å². The van der Waals surface area contributed by atoms with Crippen molar-refractivity contribution in [1.82, 2.24) is 14.5 Å². The molecule has 11 nitrogen and oxygen atoms in total. The summed E-state index contributed by atoms with van der Waals surface area (Å²) in [5.74, 6) is 0.689. The fourth-order valence-corrected chi connectivity index (χ4v) is 4.65. The molecule has 2 heterocycles. The minimum Gasteiger partial charge on any atom is -0.497 e. The van der Waals surface area contributed by atoms with Gasteiger partial charge in [0.25, 0.3) is 11.8 Å². The van der Waals surface area contributed by atoms with Gasteiger partial charge in [-0.05, 0) is 36.4 Å². The molecule has 33 heavy (non-hydrogen) atoms. The van der Waals surface area contributed by atoms with E-state index in [1.807, 2.05) is 0 Å². The average molecular weight is 474 g/mol. The fraction of sp³-hybridized carbons (Fsp3) is 0.286. The van der Waals surface area contributed by atoms with Crippen molar-refractivity contribution in [2.75, 3.05) is 45.8 Å². The summed E-state index contributed by atoms with van der Waals surface area (Å²) in [7, 11) is -0.601. The van der Waals surface area contributed by atoms with Gasteiger partial charge < -0.3 is 18.6 Å². The first-order valence-electron chi connectivity index (χ1n) is 9.97. The quantitative estimate of drug-likeness (QED) is 0.546. The molecule has 1 N–H and O–H groups in total. The Kier molecular flexibility index (Phi) is 6.58. The standard InChI is InChI=1S/C21H22N4O7S/c1-29-15-5-8-17(18(13-15)30-2)20-23-24-21(32-20)22-19(26)14-3-6-16(7-4-14)33(27,28)25-9-11-31-12-10-25/h3-8,13H,9-12H2,1-2H3,(H,22,24,26). The lowest BCUT2D eigenvalue weighted by molar-refractivity contribution is 0.0730. The molecule has 0 aliphatic carbocycles. The number of nitrogens with one attached hydrogen (secondary N) is 1. The van der Waals surface area contributed by atoms with Crippen LogP contribution in [0.1, 0.15) is 10.4 Å². The number of carbonyl (C=O) groups is 1. The smallest absolute Gasteiger partial charge is 0.322 e. The second-order valence-corrected chi connectivity index (χ2v) is 8.91. The van der Waals surface area contributed by atoms with Crippen LogP contribution in [0.3, 0.4) is 0 Å². The van der Waals surface area contributed by atoms with Crippen molar-refractivity contribution in [3.05, 3.63) is 48.0 Å². The third-order valence-corrected chi connectivity index (χ3v) is 6.92. The number of hydrogen-bond donors (Lipinski definition) is 1. The maximum atomic E-state index is 12.7. The Morgan fingerprint density at radius 1 is 1.03 bits per heavy atom. The monoisotopic (exact) mass is 474 g/mol. The van der Waals surface area contributed by atoms with Crippen LogP contribution in [-0.4, -0.2) is 69.4 Å². The highest BCUT2D eigenvalue weighted by Crippen LogP contribution is 2.33. The Hall–Kier alpha value is -3.48. The van der Waals surface area contributed by atoms with E-state index < -0.39 is 15.9 Å². The van der Waals surface area contributed by atoms with Gasteiger partial charge in [0, 0.05) is 24.7 Å². The van der Waals surface area contributed by atoms with Crippen LogP contribution in [-0.2, 0) is 14.8 Å². The van der Waals surface area contributed by atoms with Gasteiger partial charge in [0.15, 0.2) is 0 Å². The first-order chi connectivity index (χ1) is 15.9. The lowest BCUT2D eigenvalue weighted by Gasteiger charge is -2.26. The second kappa shape index (κ2) is 9.57. The highest BCUT2D eigenvalue weighted by Gasteiger charge is 2.26. The van der Waals surface area contributed by atoms with Crippen molar-refractivity contribution in [2.45, 2.75) is 4.90 Å². The molecule has 1 aliphatic rings. The summed E-state index contributed by atoms with van der Waals surface area (Å²) in [5, 5.41) is 10.3. The molecule has 0 spiro atoms. The van der Waals surface area contributed by atoms with Gasteiger partial charge in [0.1, 0.15) is 11.5 Å². The number of amides is 1. The van der Waals surface area contributed by atoms with Gasteiger partial charge >= 0.3 is 6.01 Å². The lowest BCUT2D eigenvalue weighted by Crippen LogP contribution is -2.40. The minimum atomic E-state index is -3.64. The molecule has 0 atom stereocenters. The van der Waals surface area contributed by atoms with Crippen LogP contribution >= 0.6 is 0 Å². The number of rotatable bonds is 7. The molecule has 0 saturated carbocycles. The third-order valence-electron chi connectivity index (χ3n) is 5.01. The topological polar surface area (TPSA) is 133 Å². The molecule has 1 aromatic heterocycles. The molecule has 4 rings (SSSR count). The van der Waals surface area contributed by atoms with Crippen LogP contribution in [0, 0.1) is 0 Å². The zero-order chi connectivity index (χ0) is 23.4. The van der Waals surface area contributed by atoms with Crippen molar-refractivity contribution in [3.8, 4) is 23.0 Å². The van der Waals surface area contributed by atoms with Crippen LogP contribution in [0.15, 0.2) is 51.8 Å². The molecule has 1 amide bonds. The molecular formula is C21H22N4O7S. The number of benzene rings is 2. The maximum Gasteiger partial charge on any atom is 0.322 e. The summed E-state index contributed by atoms with van der Waals surface area (Å²) < 4.78 is 48.0. The van der Waals surface area contributed by atoms with E-state index in [1.165, 1.54) is 35.7 Å². The number of carbonyl (C=O) groups excluding carboxylic acids is 1. The summed E-state index contributed by atoms with van der Waals surface area (Å²) in [6.45, 7) is 1.30. The molecule has 0 bridgehead atoms. The molecule has 1 aliphatic heterocycles. The van der Waals surface area contributed by atoms with Crippen LogP contribution in [0.2, 0.25) is 0 Å². The van der Waals surface area contributed by atoms with E-state index >= 15 is 0 Å². The van der Waals surface area contributed by atoms with Crippen LogP contribution in [0.25, 0.3) is 11.5 Å². The van der Waals surface area contributed by atoms with E-state index in [2.05, 4.69) is 15.5 Å². The lowest BCUT2D eigenvalue weighted by atomic mass is 10.2. The number of ether oxygens (including phenoxy) is 3. The Morgan fingerprint density at radius 3 is 2.42 bits per heavy atom. The summed E-state index contributed by atoms with van der Waals surface area (Å²) in [4.78, 5) is 12.7. The summed E-state index contributed by atoms with van der Waals surface area (Å²) >= 11 is 0. The van der Waals surface area contributed by atoms with Gasteiger partial charge in [-0.15, -0.1) is 5.10 Å². The summed E-state index contributed by atoms with van der Waals surface area (Å²) in [5.41, 5.74) is 0.765. The van der Waals surface area contributed by atoms with Crippen molar-refractivity contribution in [2.24, 2.45) is 0 Å². The number of methoxy groups -OCH3 is 2. The molecule has 0 unspecified atom stereocenters. The SMILES string of the molecule is COc1ccc(-c2nnc(NC(=O)c3ccc(S(=O)(=O)N4CCOCC4)cc3)o2)c(OC)c1. The molecule has 1 saturated heterocycles. The Bertz CT molecular complexity index is 1240. The van der Waals surface area contributed by atoms with Crippen LogP contribution in [0.4, 0.5) is 6.01 Å². The molecule has 3 aromatic rings. The number of morpholine rings is 1. The number of sulfonamides is 1.